The summed E-state index contributed by atoms with van der Waals surface area (Å²) in [6.45, 7) is 0. The molecule has 0 saturated carbocycles. The number of carbonyl (C=O) groups excluding carboxylic acids is 1. The molecule has 94 valence electrons. The average Bonchev–Trinajstić information content (AvgIpc) is 2.62. The van der Waals surface area contributed by atoms with Gasteiger partial charge in [-0.05, 0) is 31.9 Å². The molecule has 1 amide bonds. The molecule has 0 aromatic carbocycles. The highest BCUT2D eigenvalue weighted by atomic mass is 79.9. The van der Waals surface area contributed by atoms with E-state index in [4.69, 9.17) is 5.73 Å². The monoisotopic (exact) mass is 374 g/mol. The van der Waals surface area contributed by atoms with Crippen LogP contribution in [-0.2, 0) is 7.05 Å². The minimum atomic E-state index is -0.439. The fourth-order valence-corrected chi connectivity index (χ4v) is 2.19. The van der Waals surface area contributed by atoms with Crippen LogP contribution in [0.5, 0.6) is 0 Å². The number of rotatable bonds is 2. The molecule has 0 atom stereocenters. The summed E-state index contributed by atoms with van der Waals surface area (Å²) < 4.78 is 2.44. The second-order valence-corrected chi connectivity index (χ2v) is 4.96. The first-order chi connectivity index (χ1) is 8.47. The minimum absolute atomic E-state index is 0.147. The maximum absolute atomic E-state index is 11.9. The van der Waals surface area contributed by atoms with Crippen LogP contribution >= 0.6 is 31.9 Å². The maximum atomic E-state index is 11.9. The van der Waals surface area contributed by atoms with Gasteiger partial charge in [0, 0.05) is 13.2 Å². The molecule has 0 unspecified atom stereocenters. The summed E-state index contributed by atoms with van der Waals surface area (Å²) in [5, 5.41) is 6.53. The Morgan fingerprint density at radius 1 is 1.50 bits per heavy atom. The van der Waals surface area contributed by atoms with Gasteiger partial charge in [-0.1, -0.05) is 0 Å². The number of nitrogen functional groups attached to an aromatic ring is 1. The Morgan fingerprint density at radius 3 is 2.78 bits per heavy atom. The van der Waals surface area contributed by atoms with Gasteiger partial charge in [-0.15, -0.1) is 0 Å². The zero-order valence-corrected chi connectivity index (χ0v) is 12.4. The van der Waals surface area contributed by atoms with E-state index in [-0.39, 0.29) is 5.69 Å². The van der Waals surface area contributed by atoms with Gasteiger partial charge >= 0.3 is 0 Å². The Bertz CT molecular complexity index is 611. The molecule has 18 heavy (non-hydrogen) atoms. The maximum Gasteiger partial charge on any atom is 0.279 e. The Balaban J connectivity index is 2.24. The summed E-state index contributed by atoms with van der Waals surface area (Å²) >= 11 is 6.37. The molecule has 0 saturated heterocycles. The zero-order valence-electron chi connectivity index (χ0n) is 9.19. The van der Waals surface area contributed by atoms with Gasteiger partial charge in [-0.2, -0.15) is 5.10 Å². The van der Waals surface area contributed by atoms with Gasteiger partial charge in [-0.3, -0.25) is 9.48 Å². The number of hydrogen-bond acceptors (Lipinski definition) is 5. The van der Waals surface area contributed by atoms with Crippen molar-refractivity contribution in [2.75, 3.05) is 11.1 Å². The lowest BCUT2D eigenvalue weighted by molar-refractivity contribution is 0.102. The summed E-state index contributed by atoms with van der Waals surface area (Å²) in [5.41, 5.74) is 6.11. The van der Waals surface area contributed by atoms with Crippen molar-refractivity contribution in [2.45, 2.75) is 0 Å². The van der Waals surface area contributed by atoms with Gasteiger partial charge in [0.25, 0.3) is 5.91 Å². The van der Waals surface area contributed by atoms with Crippen LogP contribution in [0.2, 0.25) is 0 Å². The fraction of sp³-hybridized carbons (Fsp3) is 0.111. The normalized spacial score (nSPS) is 10.4. The molecule has 0 bridgehead atoms. The van der Waals surface area contributed by atoms with Crippen molar-refractivity contribution in [3.05, 3.63) is 27.3 Å². The number of nitrogens with zero attached hydrogens (tertiary/aromatic N) is 4. The van der Waals surface area contributed by atoms with E-state index in [9.17, 15) is 4.79 Å². The standard InChI is InChI=1S/C9H8Br2N6O/c1-17-3-4(12)6(16-17)9(18)15-8-7(11)14-5(10)2-13-8/h2-3H,12H2,1H3,(H,13,15,18). The molecule has 7 nitrogen and oxygen atoms in total. The summed E-state index contributed by atoms with van der Waals surface area (Å²) in [7, 11) is 1.68. The smallest absolute Gasteiger partial charge is 0.279 e. The first kappa shape index (κ1) is 13.0. The van der Waals surface area contributed by atoms with Crippen LogP contribution in [0.1, 0.15) is 10.5 Å². The van der Waals surface area contributed by atoms with E-state index in [2.05, 4.69) is 52.2 Å². The summed E-state index contributed by atoms with van der Waals surface area (Å²) in [5.74, 6) is -0.140. The molecule has 2 aromatic rings. The second-order valence-electron chi connectivity index (χ2n) is 3.39. The van der Waals surface area contributed by atoms with E-state index >= 15 is 0 Å². The van der Waals surface area contributed by atoms with Crippen LogP contribution in [-0.4, -0.2) is 25.7 Å². The Morgan fingerprint density at radius 2 is 2.22 bits per heavy atom. The quantitative estimate of drug-likeness (QED) is 0.829. The van der Waals surface area contributed by atoms with E-state index in [1.807, 2.05) is 0 Å². The number of carbonyl (C=O) groups is 1. The highest BCUT2D eigenvalue weighted by Gasteiger charge is 2.16. The summed E-state index contributed by atoms with van der Waals surface area (Å²) in [6, 6.07) is 0. The van der Waals surface area contributed by atoms with Gasteiger partial charge < -0.3 is 11.1 Å². The number of nitrogens with two attached hydrogens (primary N) is 1. The molecule has 0 aliphatic heterocycles. The predicted molar refractivity (Wildman–Crippen MR) is 73.0 cm³/mol. The molecule has 0 aliphatic carbocycles. The number of amides is 1. The van der Waals surface area contributed by atoms with E-state index in [1.54, 1.807) is 13.2 Å². The van der Waals surface area contributed by atoms with Crippen molar-refractivity contribution in [3.63, 3.8) is 0 Å². The second kappa shape index (κ2) is 5.02. The van der Waals surface area contributed by atoms with Gasteiger partial charge in [0.15, 0.2) is 11.5 Å². The van der Waals surface area contributed by atoms with Crippen LogP contribution < -0.4 is 11.1 Å². The molecule has 0 fully saturated rings. The van der Waals surface area contributed by atoms with Crippen molar-refractivity contribution in [1.29, 1.82) is 0 Å². The molecule has 9 heteroatoms. The zero-order chi connectivity index (χ0) is 13.3. The molecular weight excluding hydrogens is 368 g/mol. The molecule has 2 heterocycles. The third kappa shape index (κ3) is 2.67. The van der Waals surface area contributed by atoms with Crippen LogP contribution in [0.4, 0.5) is 11.5 Å². The van der Waals surface area contributed by atoms with Gasteiger partial charge in [0.1, 0.15) is 9.21 Å². The molecule has 3 N–H and O–H groups in total. The first-order valence-corrected chi connectivity index (χ1v) is 6.34. The van der Waals surface area contributed by atoms with Crippen LogP contribution in [0.15, 0.2) is 21.6 Å². The topological polar surface area (TPSA) is 98.7 Å². The third-order valence-corrected chi connectivity index (χ3v) is 2.94. The number of nitrogens with one attached hydrogen (secondary N) is 1. The Kier molecular flexibility index (Phi) is 3.62. The van der Waals surface area contributed by atoms with E-state index in [0.717, 1.165) is 0 Å². The Hall–Kier alpha value is -1.48. The third-order valence-electron chi connectivity index (χ3n) is 2.00. The lowest BCUT2D eigenvalue weighted by atomic mass is 10.3. The number of aryl methyl sites for hydroxylation is 1. The summed E-state index contributed by atoms with van der Waals surface area (Å²) in [4.78, 5) is 20.0. The lowest BCUT2D eigenvalue weighted by Crippen LogP contribution is -2.16. The molecule has 2 rings (SSSR count). The number of halogens is 2. The van der Waals surface area contributed by atoms with Crippen molar-refractivity contribution in [1.82, 2.24) is 19.7 Å². The van der Waals surface area contributed by atoms with E-state index < -0.39 is 5.91 Å². The highest BCUT2D eigenvalue weighted by Crippen LogP contribution is 2.20. The average molecular weight is 376 g/mol. The van der Waals surface area contributed by atoms with Crippen molar-refractivity contribution < 1.29 is 4.79 Å². The van der Waals surface area contributed by atoms with Gasteiger partial charge in [0.05, 0.1) is 11.9 Å². The van der Waals surface area contributed by atoms with Crippen molar-refractivity contribution in [2.24, 2.45) is 7.05 Å². The van der Waals surface area contributed by atoms with Gasteiger partial charge in [0.2, 0.25) is 0 Å². The van der Waals surface area contributed by atoms with Gasteiger partial charge in [-0.25, -0.2) is 9.97 Å². The SMILES string of the molecule is Cn1cc(N)c(C(=O)Nc2ncc(Br)nc2Br)n1. The van der Waals surface area contributed by atoms with Crippen molar-refractivity contribution >= 4 is 49.3 Å². The molecule has 0 radical (unpaired) electrons. The lowest BCUT2D eigenvalue weighted by Gasteiger charge is -2.04. The highest BCUT2D eigenvalue weighted by molar-refractivity contribution is 9.11. The van der Waals surface area contributed by atoms with Crippen LogP contribution in [0.3, 0.4) is 0 Å². The fourth-order valence-electron chi connectivity index (χ4n) is 1.28. The minimum Gasteiger partial charge on any atom is -0.396 e. The van der Waals surface area contributed by atoms with E-state index in [1.165, 1.54) is 10.9 Å². The molecule has 0 spiro atoms. The largest absolute Gasteiger partial charge is 0.396 e. The number of hydrogen-bond donors (Lipinski definition) is 2. The van der Waals surface area contributed by atoms with Crippen LogP contribution in [0.25, 0.3) is 0 Å². The van der Waals surface area contributed by atoms with E-state index in [0.29, 0.717) is 20.7 Å². The molecule has 0 aliphatic rings. The number of aromatic nitrogens is 4. The first-order valence-electron chi connectivity index (χ1n) is 4.76. The molecule has 2 aromatic heterocycles. The predicted octanol–water partition coefficient (Wildman–Crippen LogP) is 1.57. The Labute approximate surface area is 119 Å². The van der Waals surface area contributed by atoms with Crippen molar-refractivity contribution in [3.8, 4) is 0 Å². The number of anilines is 2. The van der Waals surface area contributed by atoms with Crippen LogP contribution in [0, 0.1) is 0 Å². The summed E-state index contributed by atoms with van der Waals surface area (Å²) in [6.07, 6.45) is 3.03. The molecular formula is C9H8Br2N6O.